The second-order valence-corrected chi connectivity index (χ2v) is 7.42. The largest absolute Gasteiger partial charge is 0.377 e. The molecule has 2 unspecified atom stereocenters. The van der Waals surface area contributed by atoms with E-state index in [0.717, 1.165) is 12.0 Å². The molecule has 0 amide bonds. The fourth-order valence-electron chi connectivity index (χ4n) is 2.43. The molecule has 0 aliphatic carbocycles. The van der Waals surface area contributed by atoms with Gasteiger partial charge < -0.3 is 10.1 Å². The first kappa shape index (κ1) is 16.4. The standard InChI is InChI=1S/C15H24N2O3S/c1-12-11-17(8-5-9-20-12)21(18,19)15-7-4-6-14(10-15)13(2)16-3/h4,6-7,10,12-13,16H,5,8-9,11H2,1-3H3. The van der Waals surface area contributed by atoms with Crippen LogP contribution in [0, 0.1) is 0 Å². The van der Waals surface area contributed by atoms with Gasteiger partial charge >= 0.3 is 0 Å². The third-order valence-corrected chi connectivity index (χ3v) is 5.70. The molecular weight excluding hydrogens is 288 g/mol. The summed E-state index contributed by atoms with van der Waals surface area (Å²) in [5.41, 5.74) is 0.970. The smallest absolute Gasteiger partial charge is 0.243 e. The number of ether oxygens (including phenoxy) is 1. The number of nitrogens with zero attached hydrogens (tertiary/aromatic N) is 1. The van der Waals surface area contributed by atoms with E-state index in [1.807, 2.05) is 27.0 Å². The van der Waals surface area contributed by atoms with Crippen molar-refractivity contribution in [3.05, 3.63) is 29.8 Å². The molecule has 0 spiro atoms. The second kappa shape index (κ2) is 6.87. The molecule has 1 heterocycles. The molecule has 2 rings (SSSR count). The monoisotopic (exact) mass is 312 g/mol. The van der Waals surface area contributed by atoms with Crippen molar-refractivity contribution in [1.29, 1.82) is 0 Å². The Bertz CT molecular complexity index is 574. The maximum Gasteiger partial charge on any atom is 0.243 e. The molecule has 1 fully saturated rings. The molecule has 0 aromatic heterocycles. The van der Waals surface area contributed by atoms with E-state index >= 15 is 0 Å². The van der Waals surface area contributed by atoms with Crippen molar-refractivity contribution in [2.75, 3.05) is 26.7 Å². The van der Waals surface area contributed by atoms with Crippen LogP contribution in [0.2, 0.25) is 0 Å². The maximum absolute atomic E-state index is 12.8. The fraction of sp³-hybridized carbons (Fsp3) is 0.600. The van der Waals surface area contributed by atoms with Crippen LogP contribution in [0.5, 0.6) is 0 Å². The molecule has 1 aliphatic rings. The lowest BCUT2D eigenvalue weighted by atomic mass is 10.1. The van der Waals surface area contributed by atoms with E-state index in [-0.39, 0.29) is 12.1 Å². The summed E-state index contributed by atoms with van der Waals surface area (Å²) in [6.45, 7) is 5.46. The molecule has 1 saturated heterocycles. The van der Waals surface area contributed by atoms with E-state index in [1.165, 1.54) is 4.31 Å². The summed E-state index contributed by atoms with van der Waals surface area (Å²) in [6.07, 6.45) is 0.664. The molecule has 1 N–H and O–H groups in total. The summed E-state index contributed by atoms with van der Waals surface area (Å²) >= 11 is 0. The van der Waals surface area contributed by atoms with Crippen LogP contribution in [-0.2, 0) is 14.8 Å². The predicted octanol–water partition coefficient (Wildman–Crippen LogP) is 1.77. The van der Waals surface area contributed by atoms with Gasteiger partial charge in [-0.3, -0.25) is 0 Å². The van der Waals surface area contributed by atoms with E-state index in [2.05, 4.69) is 5.32 Å². The Morgan fingerprint density at radius 2 is 2.19 bits per heavy atom. The van der Waals surface area contributed by atoms with Crippen LogP contribution < -0.4 is 5.32 Å². The van der Waals surface area contributed by atoms with E-state index in [0.29, 0.717) is 24.6 Å². The summed E-state index contributed by atoms with van der Waals surface area (Å²) < 4.78 is 32.7. The van der Waals surface area contributed by atoms with Gasteiger partial charge in [0.15, 0.2) is 0 Å². The topological polar surface area (TPSA) is 58.6 Å². The molecule has 1 aliphatic heterocycles. The number of hydrogen-bond acceptors (Lipinski definition) is 4. The number of rotatable bonds is 4. The molecule has 0 bridgehead atoms. The van der Waals surface area contributed by atoms with Gasteiger partial charge in [0, 0.05) is 25.7 Å². The molecule has 1 aromatic carbocycles. The summed E-state index contributed by atoms with van der Waals surface area (Å²) in [7, 11) is -1.60. The molecule has 0 saturated carbocycles. The number of hydrogen-bond donors (Lipinski definition) is 1. The SMILES string of the molecule is CNC(C)c1cccc(S(=O)(=O)N2CCCOC(C)C2)c1. The van der Waals surface area contributed by atoms with Crippen LogP contribution in [0.3, 0.4) is 0 Å². The maximum atomic E-state index is 12.8. The first-order valence-corrected chi connectivity index (χ1v) is 8.78. The zero-order valence-electron chi connectivity index (χ0n) is 12.9. The van der Waals surface area contributed by atoms with E-state index in [9.17, 15) is 8.42 Å². The van der Waals surface area contributed by atoms with Gasteiger partial charge in [-0.05, 0) is 45.0 Å². The van der Waals surface area contributed by atoms with Gasteiger partial charge in [-0.15, -0.1) is 0 Å². The Labute approximate surface area is 127 Å². The van der Waals surface area contributed by atoms with Crippen molar-refractivity contribution in [1.82, 2.24) is 9.62 Å². The fourth-order valence-corrected chi connectivity index (χ4v) is 4.04. The Morgan fingerprint density at radius 3 is 2.90 bits per heavy atom. The third kappa shape index (κ3) is 3.83. The minimum atomic E-state index is -3.46. The Balaban J connectivity index is 2.30. The Hall–Kier alpha value is -0.950. The van der Waals surface area contributed by atoms with Crippen LogP contribution in [0.1, 0.15) is 31.9 Å². The average Bonchev–Trinajstić information content (AvgIpc) is 2.71. The van der Waals surface area contributed by atoms with E-state index in [1.54, 1.807) is 18.2 Å². The van der Waals surface area contributed by atoms with Crippen molar-refractivity contribution in [2.45, 2.75) is 37.3 Å². The highest BCUT2D eigenvalue weighted by Crippen LogP contribution is 2.22. The Kier molecular flexibility index (Phi) is 5.37. The number of benzene rings is 1. The molecule has 2 atom stereocenters. The van der Waals surface area contributed by atoms with Crippen LogP contribution in [-0.4, -0.2) is 45.6 Å². The normalized spacial score (nSPS) is 22.7. The zero-order chi connectivity index (χ0) is 15.5. The van der Waals surface area contributed by atoms with Gasteiger partial charge in [-0.1, -0.05) is 12.1 Å². The summed E-state index contributed by atoms with van der Waals surface area (Å²) in [4.78, 5) is 0.358. The highest BCUT2D eigenvalue weighted by molar-refractivity contribution is 7.89. The lowest BCUT2D eigenvalue weighted by Crippen LogP contribution is -2.36. The van der Waals surface area contributed by atoms with E-state index in [4.69, 9.17) is 4.74 Å². The Morgan fingerprint density at radius 1 is 1.43 bits per heavy atom. The quantitative estimate of drug-likeness (QED) is 0.920. The van der Waals surface area contributed by atoms with E-state index < -0.39 is 10.0 Å². The molecule has 5 nitrogen and oxygen atoms in total. The van der Waals surface area contributed by atoms with Gasteiger partial charge in [0.25, 0.3) is 0 Å². The summed E-state index contributed by atoms with van der Waals surface area (Å²) in [5.74, 6) is 0. The van der Waals surface area contributed by atoms with Crippen molar-refractivity contribution in [3.8, 4) is 0 Å². The second-order valence-electron chi connectivity index (χ2n) is 5.48. The predicted molar refractivity (Wildman–Crippen MR) is 82.7 cm³/mol. The minimum absolute atomic E-state index is 0.0679. The molecule has 1 aromatic rings. The van der Waals surface area contributed by atoms with Crippen molar-refractivity contribution in [2.24, 2.45) is 0 Å². The summed E-state index contributed by atoms with van der Waals surface area (Å²) in [5, 5.41) is 3.13. The van der Waals surface area contributed by atoms with Crippen molar-refractivity contribution >= 4 is 10.0 Å². The number of sulfonamides is 1. The van der Waals surface area contributed by atoms with Gasteiger partial charge in [0.1, 0.15) is 0 Å². The molecule has 6 heteroatoms. The lowest BCUT2D eigenvalue weighted by molar-refractivity contribution is 0.0752. The number of nitrogens with one attached hydrogen (secondary N) is 1. The summed E-state index contributed by atoms with van der Waals surface area (Å²) in [6, 6.07) is 7.28. The van der Waals surface area contributed by atoms with Crippen molar-refractivity contribution < 1.29 is 13.2 Å². The van der Waals surface area contributed by atoms with Crippen LogP contribution in [0.15, 0.2) is 29.2 Å². The molecule has 21 heavy (non-hydrogen) atoms. The first-order chi connectivity index (χ1) is 9.95. The lowest BCUT2D eigenvalue weighted by Gasteiger charge is -2.22. The highest BCUT2D eigenvalue weighted by Gasteiger charge is 2.28. The van der Waals surface area contributed by atoms with Crippen LogP contribution in [0.25, 0.3) is 0 Å². The molecule has 118 valence electrons. The van der Waals surface area contributed by atoms with Crippen LogP contribution >= 0.6 is 0 Å². The van der Waals surface area contributed by atoms with Crippen molar-refractivity contribution in [3.63, 3.8) is 0 Å². The average molecular weight is 312 g/mol. The van der Waals surface area contributed by atoms with Crippen LogP contribution in [0.4, 0.5) is 0 Å². The highest BCUT2D eigenvalue weighted by atomic mass is 32.2. The van der Waals surface area contributed by atoms with Gasteiger partial charge in [0.05, 0.1) is 11.0 Å². The zero-order valence-corrected chi connectivity index (χ0v) is 13.7. The van der Waals surface area contributed by atoms with Gasteiger partial charge in [0.2, 0.25) is 10.0 Å². The minimum Gasteiger partial charge on any atom is -0.377 e. The molecule has 0 radical (unpaired) electrons. The van der Waals surface area contributed by atoms with Gasteiger partial charge in [-0.25, -0.2) is 8.42 Å². The first-order valence-electron chi connectivity index (χ1n) is 7.34. The third-order valence-electron chi connectivity index (χ3n) is 3.84. The molecular formula is C15H24N2O3S. The van der Waals surface area contributed by atoms with Gasteiger partial charge in [-0.2, -0.15) is 4.31 Å².